The first-order chi connectivity index (χ1) is 13.6. The molecule has 1 unspecified atom stereocenters. The Bertz CT molecular complexity index is 694. The minimum Gasteiger partial charge on any atom is -0.493 e. The van der Waals surface area contributed by atoms with E-state index in [9.17, 15) is 9.59 Å². The molecule has 1 aromatic rings. The van der Waals surface area contributed by atoms with Crippen LogP contribution >= 0.6 is 0 Å². The largest absolute Gasteiger partial charge is 0.493 e. The third-order valence-corrected chi connectivity index (χ3v) is 5.42. The van der Waals surface area contributed by atoms with Crippen LogP contribution in [0.5, 0.6) is 11.5 Å². The maximum Gasteiger partial charge on any atom is 0.254 e. The third kappa shape index (κ3) is 4.76. The highest BCUT2D eigenvalue weighted by molar-refractivity contribution is 5.95. The number of benzene rings is 1. The van der Waals surface area contributed by atoms with Crippen LogP contribution < -0.4 is 14.8 Å². The van der Waals surface area contributed by atoms with Crippen molar-refractivity contribution in [1.29, 1.82) is 0 Å². The highest BCUT2D eigenvalue weighted by Gasteiger charge is 2.32. The first-order valence-corrected chi connectivity index (χ1v) is 10.2. The van der Waals surface area contributed by atoms with Crippen molar-refractivity contribution in [3.63, 3.8) is 0 Å². The Morgan fingerprint density at radius 2 is 2.14 bits per heavy atom. The summed E-state index contributed by atoms with van der Waals surface area (Å²) in [6.07, 6.45) is 3.89. The molecule has 7 nitrogen and oxygen atoms in total. The van der Waals surface area contributed by atoms with Gasteiger partial charge in [0.1, 0.15) is 0 Å². The number of nitrogens with zero attached hydrogens (tertiary/aromatic N) is 2. The summed E-state index contributed by atoms with van der Waals surface area (Å²) < 4.78 is 11.2. The summed E-state index contributed by atoms with van der Waals surface area (Å²) in [6, 6.07) is 5.46. The molecule has 2 heterocycles. The molecule has 28 heavy (non-hydrogen) atoms. The summed E-state index contributed by atoms with van der Waals surface area (Å²) in [4.78, 5) is 29.1. The highest BCUT2D eigenvalue weighted by Crippen LogP contribution is 2.29. The number of hydrogen-bond donors (Lipinski definition) is 1. The van der Waals surface area contributed by atoms with E-state index in [4.69, 9.17) is 9.47 Å². The van der Waals surface area contributed by atoms with Crippen LogP contribution in [0.4, 0.5) is 0 Å². The van der Waals surface area contributed by atoms with Gasteiger partial charge in [-0.25, -0.2) is 0 Å². The molecule has 1 aromatic carbocycles. The molecule has 0 aliphatic carbocycles. The van der Waals surface area contributed by atoms with Crippen molar-refractivity contribution < 1.29 is 19.1 Å². The number of carbonyl (C=O) groups is 2. The van der Waals surface area contributed by atoms with Gasteiger partial charge in [-0.1, -0.05) is 13.3 Å². The molecule has 154 valence electrons. The van der Waals surface area contributed by atoms with Crippen molar-refractivity contribution in [2.24, 2.45) is 0 Å². The third-order valence-electron chi connectivity index (χ3n) is 5.42. The summed E-state index contributed by atoms with van der Waals surface area (Å²) in [5, 5.41) is 3.10. The number of rotatable bonds is 7. The van der Waals surface area contributed by atoms with Gasteiger partial charge in [0.05, 0.1) is 20.3 Å². The maximum absolute atomic E-state index is 13.1. The SMILES string of the molecule is CCCCOc1ccc(C(=O)N2CCCC(N3CCNCC3=O)C2)cc1OC. The van der Waals surface area contributed by atoms with Crippen LogP contribution in [0.15, 0.2) is 18.2 Å². The summed E-state index contributed by atoms with van der Waals surface area (Å²) in [5.74, 6) is 1.34. The fraction of sp³-hybridized carbons (Fsp3) is 0.619. The second-order valence-electron chi connectivity index (χ2n) is 7.38. The van der Waals surface area contributed by atoms with Gasteiger partial charge in [0, 0.05) is 37.8 Å². The molecule has 3 rings (SSSR count). The Morgan fingerprint density at radius 3 is 2.89 bits per heavy atom. The van der Waals surface area contributed by atoms with Crippen molar-refractivity contribution in [1.82, 2.24) is 15.1 Å². The summed E-state index contributed by atoms with van der Waals surface area (Å²) in [5.41, 5.74) is 0.590. The molecule has 0 saturated carbocycles. The molecule has 1 N–H and O–H groups in total. The molecule has 1 atom stereocenters. The average molecular weight is 389 g/mol. The van der Waals surface area contributed by atoms with Crippen LogP contribution in [0.3, 0.4) is 0 Å². The standard InChI is InChI=1S/C21H31N3O4/c1-3-4-12-28-18-8-7-16(13-19(18)27-2)21(26)23-10-5-6-17(15-23)24-11-9-22-14-20(24)25/h7-8,13,17,22H,3-6,9-12,14-15H2,1-2H3. The molecule has 0 bridgehead atoms. The van der Waals surface area contributed by atoms with Crippen molar-refractivity contribution in [2.45, 2.75) is 38.6 Å². The Kier molecular flexibility index (Phi) is 7.14. The number of carbonyl (C=O) groups excluding carboxylic acids is 2. The van der Waals surface area contributed by atoms with Gasteiger partial charge < -0.3 is 24.6 Å². The predicted octanol–water partition coefficient (Wildman–Crippen LogP) is 1.91. The molecule has 0 spiro atoms. The van der Waals surface area contributed by atoms with E-state index in [2.05, 4.69) is 12.2 Å². The van der Waals surface area contributed by atoms with E-state index in [1.807, 2.05) is 15.9 Å². The molecular weight excluding hydrogens is 358 g/mol. The summed E-state index contributed by atoms with van der Waals surface area (Å²) in [6.45, 7) is 5.96. The first-order valence-electron chi connectivity index (χ1n) is 10.2. The Morgan fingerprint density at radius 1 is 1.29 bits per heavy atom. The van der Waals surface area contributed by atoms with Crippen molar-refractivity contribution in [3.05, 3.63) is 23.8 Å². The van der Waals surface area contributed by atoms with E-state index in [1.165, 1.54) is 0 Å². The number of likely N-dealkylation sites (tertiary alicyclic amines) is 1. The topological polar surface area (TPSA) is 71.1 Å². The molecule has 7 heteroatoms. The minimum absolute atomic E-state index is 0.0225. The second-order valence-corrected chi connectivity index (χ2v) is 7.38. The van der Waals surface area contributed by atoms with Crippen LogP contribution in [0.2, 0.25) is 0 Å². The number of hydrogen-bond acceptors (Lipinski definition) is 5. The van der Waals surface area contributed by atoms with Crippen LogP contribution in [0.25, 0.3) is 0 Å². The number of piperazine rings is 1. The van der Waals surface area contributed by atoms with E-state index in [-0.39, 0.29) is 17.9 Å². The van der Waals surface area contributed by atoms with E-state index in [0.717, 1.165) is 32.2 Å². The Labute approximate surface area is 167 Å². The van der Waals surface area contributed by atoms with Gasteiger partial charge in [-0.15, -0.1) is 0 Å². The van der Waals surface area contributed by atoms with E-state index in [1.54, 1.807) is 19.2 Å². The minimum atomic E-state index is -0.0225. The lowest BCUT2D eigenvalue weighted by Gasteiger charge is -2.41. The van der Waals surface area contributed by atoms with Gasteiger partial charge >= 0.3 is 0 Å². The summed E-state index contributed by atoms with van der Waals surface area (Å²) in [7, 11) is 1.59. The zero-order valence-electron chi connectivity index (χ0n) is 16.9. The van der Waals surface area contributed by atoms with Crippen LogP contribution in [0, 0.1) is 0 Å². The molecule has 2 amide bonds. The molecule has 0 aromatic heterocycles. The predicted molar refractivity (Wildman–Crippen MR) is 107 cm³/mol. The number of amides is 2. The number of methoxy groups -OCH3 is 1. The zero-order chi connectivity index (χ0) is 19.9. The van der Waals surface area contributed by atoms with Crippen molar-refractivity contribution in [3.8, 4) is 11.5 Å². The first kappa shape index (κ1) is 20.5. The van der Waals surface area contributed by atoms with Gasteiger partial charge in [-0.05, 0) is 37.5 Å². The lowest BCUT2D eigenvalue weighted by Crippen LogP contribution is -2.57. The fourth-order valence-electron chi connectivity index (χ4n) is 3.83. The molecular formula is C21H31N3O4. The summed E-state index contributed by atoms with van der Waals surface area (Å²) >= 11 is 0. The van der Waals surface area contributed by atoms with Gasteiger partial charge in [-0.3, -0.25) is 9.59 Å². The van der Waals surface area contributed by atoms with Crippen molar-refractivity contribution in [2.75, 3.05) is 46.4 Å². The molecule has 2 aliphatic heterocycles. The molecule has 2 fully saturated rings. The Hall–Kier alpha value is -2.28. The van der Waals surface area contributed by atoms with Gasteiger partial charge in [0.15, 0.2) is 11.5 Å². The van der Waals surface area contributed by atoms with Crippen LogP contribution in [-0.2, 0) is 4.79 Å². The smallest absolute Gasteiger partial charge is 0.254 e. The van der Waals surface area contributed by atoms with Gasteiger partial charge in [0.25, 0.3) is 5.91 Å². The van der Waals surface area contributed by atoms with E-state index >= 15 is 0 Å². The van der Waals surface area contributed by atoms with E-state index in [0.29, 0.717) is 49.8 Å². The Balaban J connectivity index is 1.67. The van der Waals surface area contributed by atoms with Crippen molar-refractivity contribution >= 4 is 11.8 Å². The second kappa shape index (κ2) is 9.78. The average Bonchev–Trinajstić information content (AvgIpc) is 2.74. The monoisotopic (exact) mass is 389 g/mol. The zero-order valence-corrected chi connectivity index (χ0v) is 16.9. The molecule has 0 radical (unpaired) electrons. The van der Waals surface area contributed by atoms with Gasteiger partial charge in [0.2, 0.25) is 5.91 Å². The van der Waals surface area contributed by atoms with Crippen LogP contribution in [-0.4, -0.2) is 74.1 Å². The number of ether oxygens (including phenoxy) is 2. The number of unbranched alkanes of at least 4 members (excludes halogenated alkanes) is 1. The van der Waals surface area contributed by atoms with E-state index < -0.39 is 0 Å². The maximum atomic E-state index is 13.1. The highest BCUT2D eigenvalue weighted by atomic mass is 16.5. The number of piperidine rings is 1. The quantitative estimate of drug-likeness (QED) is 0.722. The normalized spacial score (nSPS) is 20.2. The molecule has 2 aliphatic rings. The molecule has 2 saturated heterocycles. The lowest BCUT2D eigenvalue weighted by atomic mass is 10.0. The van der Waals surface area contributed by atoms with Crippen LogP contribution in [0.1, 0.15) is 43.0 Å². The lowest BCUT2D eigenvalue weighted by molar-refractivity contribution is -0.135. The van der Waals surface area contributed by atoms with Gasteiger partial charge in [-0.2, -0.15) is 0 Å². The number of nitrogens with one attached hydrogen (secondary N) is 1. The fourth-order valence-corrected chi connectivity index (χ4v) is 3.83.